The van der Waals surface area contributed by atoms with E-state index in [4.69, 9.17) is 4.42 Å². The zero-order chi connectivity index (χ0) is 15.2. The van der Waals surface area contributed by atoms with Gasteiger partial charge in [0.25, 0.3) is 5.91 Å². The van der Waals surface area contributed by atoms with Crippen molar-refractivity contribution < 1.29 is 9.21 Å². The third-order valence-electron chi connectivity index (χ3n) is 4.28. The summed E-state index contributed by atoms with van der Waals surface area (Å²) in [6, 6.07) is 9.50. The van der Waals surface area contributed by atoms with Crippen molar-refractivity contribution in [2.45, 2.75) is 32.1 Å². The lowest BCUT2D eigenvalue weighted by Crippen LogP contribution is -2.30. The van der Waals surface area contributed by atoms with E-state index in [-0.39, 0.29) is 5.91 Å². The van der Waals surface area contributed by atoms with Crippen molar-refractivity contribution in [2.24, 2.45) is 0 Å². The van der Waals surface area contributed by atoms with Crippen LogP contribution in [0.4, 0.5) is 0 Å². The van der Waals surface area contributed by atoms with Crippen LogP contribution in [0.15, 0.2) is 34.7 Å². The lowest BCUT2D eigenvalue weighted by atomic mass is 10.2. The van der Waals surface area contributed by atoms with Crippen molar-refractivity contribution in [2.75, 3.05) is 26.2 Å². The number of likely N-dealkylation sites (tertiary alicyclic amines) is 1. The fourth-order valence-electron chi connectivity index (χ4n) is 3.05. The number of furan rings is 1. The fraction of sp³-hybridized carbons (Fsp3) is 0.500. The summed E-state index contributed by atoms with van der Waals surface area (Å²) < 4.78 is 5.57. The van der Waals surface area contributed by atoms with Crippen LogP contribution >= 0.6 is 0 Å². The summed E-state index contributed by atoms with van der Waals surface area (Å²) in [6.45, 7) is 4.18. The zero-order valence-corrected chi connectivity index (χ0v) is 13.0. The number of para-hydroxylation sites is 1. The summed E-state index contributed by atoms with van der Waals surface area (Å²) in [5.74, 6) is 0.281. The molecule has 1 N–H and O–H groups in total. The van der Waals surface area contributed by atoms with Gasteiger partial charge in [0.15, 0.2) is 5.76 Å². The number of amides is 1. The number of rotatable bonds is 5. The van der Waals surface area contributed by atoms with E-state index in [9.17, 15) is 4.79 Å². The van der Waals surface area contributed by atoms with Crippen LogP contribution in [0, 0.1) is 0 Å². The number of carbonyl (C=O) groups is 1. The molecule has 4 nitrogen and oxygen atoms in total. The number of hydrogen-bond acceptors (Lipinski definition) is 3. The van der Waals surface area contributed by atoms with Crippen LogP contribution < -0.4 is 5.32 Å². The highest BCUT2D eigenvalue weighted by atomic mass is 16.3. The first-order chi connectivity index (χ1) is 10.8. The van der Waals surface area contributed by atoms with Crippen LogP contribution in [0.1, 0.15) is 42.7 Å². The lowest BCUT2D eigenvalue weighted by Gasteiger charge is -2.19. The monoisotopic (exact) mass is 300 g/mol. The molecule has 0 bridgehead atoms. The largest absolute Gasteiger partial charge is 0.451 e. The topological polar surface area (TPSA) is 45.5 Å². The van der Waals surface area contributed by atoms with E-state index in [1.165, 1.54) is 38.8 Å². The maximum Gasteiger partial charge on any atom is 0.287 e. The van der Waals surface area contributed by atoms with Gasteiger partial charge in [-0.2, -0.15) is 0 Å². The Morgan fingerprint density at radius 3 is 2.68 bits per heavy atom. The number of benzene rings is 1. The fourth-order valence-corrected chi connectivity index (χ4v) is 3.05. The zero-order valence-electron chi connectivity index (χ0n) is 13.0. The maximum atomic E-state index is 12.1. The van der Waals surface area contributed by atoms with E-state index in [2.05, 4.69) is 10.2 Å². The summed E-state index contributed by atoms with van der Waals surface area (Å²) in [5.41, 5.74) is 0.761. The molecule has 3 rings (SSSR count). The molecule has 0 radical (unpaired) electrons. The smallest absolute Gasteiger partial charge is 0.287 e. The van der Waals surface area contributed by atoms with Crippen molar-refractivity contribution in [3.05, 3.63) is 36.1 Å². The quantitative estimate of drug-likeness (QED) is 0.861. The average Bonchev–Trinajstić information content (AvgIpc) is 2.81. The first-order valence-electron chi connectivity index (χ1n) is 8.32. The third-order valence-corrected chi connectivity index (χ3v) is 4.28. The standard InChI is InChI=1S/C18H24N2O2/c21-18(17-14-15-8-3-4-9-16(15)22-17)19-10-7-13-20-11-5-1-2-6-12-20/h3-4,8-9,14H,1-2,5-7,10-13H2,(H,19,21). The van der Waals surface area contributed by atoms with E-state index in [1.807, 2.05) is 24.3 Å². The van der Waals surface area contributed by atoms with Gasteiger partial charge < -0.3 is 14.6 Å². The summed E-state index contributed by atoms with van der Waals surface area (Å²) in [4.78, 5) is 14.6. The normalized spacial score (nSPS) is 16.5. The minimum absolute atomic E-state index is 0.118. The SMILES string of the molecule is O=C(NCCCN1CCCCCC1)c1cc2ccccc2o1. The number of carbonyl (C=O) groups excluding carboxylic acids is 1. The van der Waals surface area contributed by atoms with E-state index < -0.39 is 0 Å². The molecular formula is C18H24N2O2. The van der Waals surface area contributed by atoms with Gasteiger partial charge in [-0.25, -0.2) is 0 Å². The Morgan fingerprint density at radius 1 is 1.14 bits per heavy atom. The molecule has 0 aliphatic carbocycles. The van der Waals surface area contributed by atoms with Crippen LogP contribution in [-0.2, 0) is 0 Å². The van der Waals surface area contributed by atoms with Crippen molar-refractivity contribution in [3.8, 4) is 0 Å². The van der Waals surface area contributed by atoms with E-state index in [0.29, 0.717) is 12.3 Å². The molecule has 2 aromatic rings. The number of hydrogen-bond donors (Lipinski definition) is 1. The first kappa shape index (κ1) is 15.1. The molecule has 1 aromatic carbocycles. The molecule has 4 heteroatoms. The Kier molecular flexibility index (Phi) is 5.11. The van der Waals surface area contributed by atoms with Crippen LogP contribution in [0.2, 0.25) is 0 Å². The van der Waals surface area contributed by atoms with E-state index in [0.717, 1.165) is 23.9 Å². The van der Waals surface area contributed by atoms with Crippen molar-refractivity contribution in [3.63, 3.8) is 0 Å². The van der Waals surface area contributed by atoms with Gasteiger partial charge in [-0.3, -0.25) is 4.79 Å². The molecule has 2 heterocycles. The van der Waals surface area contributed by atoms with Crippen molar-refractivity contribution in [1.82, 2.24) is 10.2 Å². The second kappa shape index (κ2) is 7.45. The molecule has 1 saturated heterocycles. The van der Waals surface area contributed by atoms with Gasteiger partial charge >= 0.3 is 0 Å². The lowest BCUT2D eigenvalue weighted by molar-refractivity contribution is 0.0926. The van der Waals surface area contributed by atoms with Crippen LogP contribution in [-0.4, -0.2) is 37.0 Å². The molecule has 1 aliphatic heterocycles. The Balaban J connectivity index is 1.44. The van der Waals surface area contributed by atoms with Gasteiger partial charge in [0.05, 0.1) is 0 Å². The van der Waals surface area contributed by atoms with Gasteiger partial charge in [-0.1, -0.05) is 31.0 Å². The molecule has 1 aliphatic rings. The van der Waals surface area contributed by atoms with Crippen molar-refractivity contribution >= 4 is 16.9 Å². The minimum Gasteiger partial charge on any atom is -0.451 e. The molecule has 1 fully saturated rings. The molecule has 0 atom stereocenters. The Morgan fingerprint density at radius 2 is 1.91 bits per heavy atom. The average molecular weight is 300 g/mol. The third kappa shape index (κ3) is 3.89. The number of fused-ring (bicyclic) bond motifs is 1. The van der Waals surface area contributed by atoms with Gasteiger partial charge in [0.1, 0.15) is 5.58 Å². The summed E-state index contributed by atoms with van der Waals surface area (Å²) in [7, 11) is 0. The number of nitrogens with one attached hydrogen (secondary N) is 1. The maximum absolute atomic E-state index is 12.1. The molecule has 22 heavy (non-hydrogen) atoms. The molecule has 0 spiro atoms. The molecule has 1 amide bonds. The first-order valence-corrected chi connectivity index (χ1v) is 8.32. The molecule has 1 aromatic heterocycles. The van der Waals surface area contributed by atoms with Gasteiger partial charge in [-0.15, -0.1) is 0 Å². The summed E-state index contributed by atoms with van der Waals surface area (Å²) in [6.07, 6.45) is 6.33. The second-order valence-electron chi connectivity index (χ2n) is 6.01. The minimum atomic E-state index is -0.118. The second-order valence-corrected chi connectivity index (χ2v) is 6.01. The molecular weight excluding hydrogens is 276 g/mol. The predicted molar refractivity (Wildman–Crippen MR) is 88.1 cm³/mol. The summed E-state index contributed by atoms with van der Waals surface area (Å²) >= 11 is 0. The Labute approximate surface area is 131 Å². The van der Waals surface area contributed by atoms with Crippen LogP contribution in [0.25, 0.3) is 11.0 Å². The van der Waals surface area contributed by atoms with Crippen LogP contribution in [0.5, 0.6) is 0 Å². The molecule has 0 saturated carbocycles. The van der Waals surface area contributed by atoms with E-state index in [1.54, 1.807) is 6.07 Å². The Hall–Kier alpha value is -1.81. The predicted octanol–water partition coefficient (Wildman–Crippen LogP) is 3.43. The highest BCUT2D eigenvalue weighted by Gasteiger charge is 2.12. The van der Waals surface area contributed by atoms with Gasteiger partial charge in [-0.05, 0) is 51.0 Å². The van der Waals surface area contributed by atoms with Gasteiger partial charge in [0, 0.05) is 11.9 Å². The highest BCUT2D eigenvalue weighted by Crippen LogP contribution is 2.18. The molecule has 118 valence electrons. The van der Waals surface area contributed by atoms with Crippen LogP contribution in [0.3, 0.4) is 0 Å². The highest BCUT2D eigenvalue weighted by molar-refractivity contribution is 5.95. The Bertz CT molecular complexity index is 579. The number of nitrogens with zero attached hydrogens (tertiary/aromatic N) is 1. The van der Waals surface area contributed by atoms with Gasteiger partial charge in [0.2, 0.25) is 0 Å². The van der Waals surface area contributed by atoms with E-state index >= 15 is 0 Å². The summed E-state index contributed by atoms with van der Waals surface area (Å²) in [5, 5.41) is 3.93. The van der Waals surface area contributed by atoms with Crippen molar-refractivity contribution in [1.29, 1.82) is 0 Å². The molecule has 0 unspecified atom stereocenters.